The van der Waals surface area contributed by atoms with E-state index in [4.69, 9.17) is 0 Å². The maximum absolute atomic E-state index is 12.6. The molecular weight excluding hydrogens is 320 g/mol. The summed E-state index contributed by atoms with van der Waals surface area (Å²) in [7, 11) is 0. The number of benzene rings is 1. The Morgan fingerprint density at radius 1 is 1.36 bits per heavy atom. The first-order chi connectivity index (χ1) is 11.9. The van der Waals surface area contributed by atoms with Gasteiger partial charge in [-0.1, -0.05) is 30.3 Å². The summed E-state index contributed by atoms with van der Waals surface area (Å²) in [5, 5.41) is 30.6. The lowest BCUT2D eigenvalue weighted by Gasteiger charge is -2.45. The molecule has 0 saturated carbocycles. The molecule has 25 heavy (non-hydrogen) atoms. The number of likely N-dealkylation sites (tertiary alicyclic amines) is 1. The summed E-state index contributed by atoms with van der Waals surface area (Å²) in [6.45, 7) is 5.14. The first-order valence-electron chi connectivity index (χ1n) is 8.93. The Morgan fingerprint density at radius 3 is 2.64 bits per heavy atom. The van der Waals surface area contributed by atoms with Crippen molar-refractivity contribution in [2.24, 2.45) is 0 Å². The van der Waals surface area contributed by atoms with E-state index < -0.39 is 11.7 Å². The predicted molar refractivity (Wildman–Crippen MR) is 96.1 cm³/mol. The van der Waals surface area contributed by atoms with Crippen LogP contribution in [0.3, 0.4) is 0 Å². The molecule has 1 aromatic carbocycles. The van der Waals surface area contributed by atoms with E-state index in [1.165, 1.54) is 0 Å². The monoisotopic (exact) mass is 350 g/mol. The summed E-state index contributed by atoms with van der Waals surface area (Å²) in [5.41, 5.74) is -0.449. The van der Waals surface area contributed by atoms with Crippen LogP contribution in [0.1, 0.15) is 25.8 Å². The number of nitrogens with zero attached hydrogens (tertiary/aromatic N) is 2. The van der Waals surface area contributed by atoms with Crippen molar-refractivity contribution in [2.75, 3.05) is 32.8 Å². The van der Waals surface area contributed by atoms with Gasteiger partial charge >= 0.3 is 0 Å². The highest BCUT2D eigenvalue weighted by Crippen LogP contribution is 2.24. The molecule has 0 bridgehead atoms. The lowest BCUT2D eigenvalue weighted by Crippen LogP contribution is -2.63. The normalized spacial score (nSPS) is 24.1. The van der Waals surface area contributed by atoms with Gasteiger partial charge in [-0.2, -0.15) is 0 Å². The van der Waals surface area contributed by atoms with Crippen molar-refractivity contribution in [1.82, 2.24) is 9.80 Å². The highest BCUT2D eigenvalue weighted by Gasteiger charge is 2.43. The minimum atomic E-state index is -1.38. The van der Waals surface area contributed by atoms with Crippen LogP contribution in [0, 0.1) is 0 Å². The highest BCUT2D eigenvalue weighted by molar-refractivity contribution is 5.79. The van der Waals surface area contributed by atoms with Crippen LogP contribution in [-0.4, -0.2) is 81.6 Å². The van der Waals surface area contributed by atoms with Gasteiger partial charge < -0.3 is 20.2 Å². The van der Waals surface area contributed by atoms with Crippen LogP contribution in [0.15, 0.2) is 30.3 Å². The van der Waals surface area contributed by atoms with E-state index in [2.05, 4.69) is 0 Å². The van der Waals surface area contributed by atoms with Crippen molar-refractivity contribution in [1.29, 1.82) is 0 Å². The molecule has 1 amide bonds. The second-order valence-electron chi connectivity index (χ2n) is 7.17. The third kappa shape index (κ3) is 5.25. The first kappa shape index (κ1) is 19.8. The molecule has 0 aromatic heterocycles. The molecule has 1 aliphatic rings. The van der Waals surface area contributed by atoms with E-state index in [9.17, 15) is 20.1 Å². The first-order valence-corrected chi connectivity index (χ1v) is 8.93. The molecule has 2 rings (SSSR count). The van der Waals surface area contributed by atoms with Crippen LogP contribution in [0.4, 0.5) is 0 Å². The Kier molecular flexibility index (Phi) is 6.95. The van der Waals surface area contributed by atoms with Crippen molar-refractivity contribution in [3.05, 3.63) is 35.9 Å². The van der Waals surface area contributed by atoms with Crippen LogP contribution < -0.4 is 0 Å². The fourth-order valence-electron chi connectivity index (χ4n) is 3.31. The van der Waals surface area contributed by atoms with Crippen LogP contribution >= 0.6 is 0 Å². The van der Waals surface area contributed by atoms with Gasteiger partial charge in [-0.25, -0.2) is 0 Å². The summed E-state index contributed by atoms with van der Waals surface area (Å²) >= 11 is 0. The second-order valence-corrected chi connectivity index (χ2v) is 7.17. The van der Waals surface area contributed by atoms with E-state index in [1.807, 2.05) is 49.1 Å². The SMILES string of the molecule is CC(C)N(CCO)C[C@@]1(O)CN(C(=O)Cc2ccccc2)CC[C@@H]1O. The maximum atomic E-state index is 12.6. The molecule has 1 saturated heterocycles. The van der Waals surface area contributed by atoms with Crippen molar-refractivity contribution in [3.63, 3.8) is 0 Å². The summed E-state index contributed by atoms with van der Waals surface area (Å²) in [6.07, 6.45) is -0.243. The zero-order chi connectivity index (χ0) is 18.4. The molecule has 0 aliphatic carbocycles. The fraction of sp³-hybridized carbons (Fsp3) is 0.632. The number of carbonyl (C=O) groups excluding carboxylic acids is 1. The quantitative estimate of drug-likeness (QED) is 0.657. The molecule has 1 aromatic rings. The number of β-amino-alcohol motifs (C(OH)–C–C–N with tert-alkyl or cyclic N) is 1. The van der Waals surface area contributed by atoms with Gasteiger partial charge in [-0.05, 0) is 25.8 Å². The molecule has 0 spiro atoms. The van der Waals surface area contributed by atoms with E-state index in [0.717, 1.165) is 5.56 Å². The van der Waals surface area contributed by atoms with E-state index in [-0.39, 0.29) is 38.1 Å². The van der Waals surface area contributed by atoms with Crippen LogP contribution in [0.5, 0.6) is 0 Å². The zero-order valence-electron chi connectivity index (χ0n) is 15.1. The number of amides is 1. The number of rotatable bonds is 7. The molecule has 6 nitrogen and oxygen atoms in total. The summed E-state index contributed by atoms with van der Waals surface area (Å²) < 4.78 is 0. The van der Waals surface area contributed by atoms with Gasteiger partial charge in [-0.15, -0.1) is 0 Å². The minimum Gasteiger partial charge on any atom is -0.395 e. The topological polar surface area (TPSA) is 84.2 Å². The minimum absolute atomic E-state index is 0.0129. The Morgan fingerprint density at radius 2 is 2.04 bits per heavy atom. The summed E-state index contributed by atoms with van der Waals surface area (Å²) in [4.78, 5) is 16.1. The molecule has 1 heterocycles. The molecular formula is C19H30N2O4. The summed E-state index contributed by atoms with van der Waals surface area (Å²) in [6, 6.07) is 9.64. The number of carbonyl (C=O) groups is 1. The zero-order valence-corrected chi connectivity index (χ0v) is 15.1. The smallest absolute Gasteiger partial charge is 0.227 e. The number of aliphatic hydroxyl groups excluding tert-OH is 2. The van der Waals surface area contributed by atoms with Gasteiger partial charge in [0.2, 0.25) is 5.91 Å². The number of piperidine rings is 1. The highest BCUT2D eigenvalue weighted by atomic mass is 16.3. The molecule has 3 N–H and O–H groups in total. The number of hydrogen-bond acceptors (Lipinski definition) is 5. The van der Waals surface area contributed by atoms with E-state index in [0.29, 0.717) is 19.5 Å². The van der Waals surface area contributed by atoms with Gasteiger partial charge in [0.1, 0.15) is 5.60 Å². The molecule has 2 atom stereocenters. The molecule has 1 aliphatic heterocycles. The second kappa shape index (κ2) is 8.76. The van der Waals surface area contributed by atoms with Crippen molar-refractivity contribution < 1.29 is 20.1 Å². The number of hydrogen-bond donors (Lipinski definition) is 3. The van der Waals surface area contributed by atoms with Crippen LogP contribution in [0.25, 0.3) is 0 Å². The third-order valence-corrected chi connectivity index (χ3v) is 4.90. The van der Waals surface area contributed by atoms with Gasteiger partial charge in [0, 0.05) is 25.7 Å². The lowest BCUT2D eigenvalue weighted by atomic mass is 9.88. The molecule has 140 valence electrons. The Balaban J connectivity index is 2.05. The molecule has 0 radical (unpaired) electrons. The van der Waals surface area contributed by atoms with E-state index >= 15 is 0 Å². The van der Waals surface area contributed by atoms with Crippen molar-refractivity contribution in [2.45, 2.75) is 44.4 Å². The largest absolute Gasteiger partial charge is 0.395 e. The Labute approximate surface area is 149 Å². The maximum Gasteiger partial charge on any atom is 0.227 e. The van der Waals surface area contributed by atoms with Gasteiger partial charge in [0.15, 0.2) is 0 Å². The molecule has 6 heteroatoms. The van der Waals surface area contributed by atoms with Gasteiger partial charge in [-0.3, -0.25) is 9.69 Å². The molecule has 1 fully saturated rings. The van der Waals surface area contributed by atoms with Crippen molar-refractivity contribution in [3.8, 4) is 0 Å². The summed E-state index contributed by atoms with van der Waals surface area (Å²) in [5.74, 6) is -0.0465. The van der Waals surface area contributed by atoms with Gasteiger partial charge in [0.25, 0.3) is 0 Å². The number of aliphatic hydroxyl groups is 3. The van der Waals surface area contributed by atoms with Crippen LogP contribution in [0.2, 0.25) is 0 Å². The van der Waals surface area contributed by atoms with Crippen molar-refractivity contribution >= 4 is 5.91 Å². The average molecular weight is 350 g/mol. The fourth-order valence-corrected chi connectivity index (χ4v) is 3.31. The van der Waals surface area contributed by atoms with Gasteiger partial charge in [0.05, 0.1) is 25.7 Å². The average Bonchev–Trinajstić information content (AvgIpc) is 2.58. The third-order valence-electron chi connectivity index (χ3n) is 4.90. The standard InChI is InChI=1S/C19H30N2O4/c1-15(2)20(10-11-22)13-19(25)14-21(9-8-17(19)23)18(24)12-16-6-4-3-5-7-16/h3-7,15,17,22-23,25H,8-14H2,1-2H3/t17-,19+/m0/s1. The lowest BCUT2D eigenvalue weighted by molar-refractivity contribution is -0.157. The molecule has 0 unspecified atom stereocenters. The van der Waals surface area contributed by atoms with Crippen LogP contribution in [-0.2, 0) is 11.2 Å². The predicted octanol–water partition coefficient (Wildman–Crippen LogP) is 0.256. The van der Waals surface area contributed by atoms with E-state index in [1.54, 1.807) is 4.90 Å². The Hall–Kier alpha value is -1.47. The Bertz CT molecular complexity index is 552.